The molecule has 0 amide bonds. The van der Waals surface area contributed by atoms with Crippen LogP contribution in [0.5, 0.6) is 0 Å². The molecule has 2 aromatic rings. The number of esters is 1. The molecule has 16 heavy (non-hydrogen) atoms. The zero-order chi connectivity index (χ0) is 11.9. The van der Waals surface area contributed by atoms with Crippen molar-refractivity contribution in [3.8, 4) is 0 Å². The van der Waals surface area contributed by atoms with Crippen LogP contribution in [-0.4, -0.2) is 11.6 Å². The van der Waals surface area contributed by atoms with Gasteiger partial charge in [0.05, 0.1) is 9.58 Å². The largest absolute Gasteiger partial charge is 0.456 e. The van der Waals surface area contributed by atoms with Crippen molar-refractivity contribution in [3.05, 3.63) is 20.8 Å². The molecule has 86 valence electrons. The molecule has 0 unspecified atom stereocenters. The van der Waals surface area contributed by atoms with Gasteiger partial charge in [0.15, 0.2) is 0 Å². The van der Waals surface area contributed by atoms with Crippen molar-refractivity contribution in [1.29, 1.82) is 0 Å². The molecule has 0 N–H and O–H groups in total. The van der Waals surface area contributed by atoms with Crippen LogP contribution >= 0.6 is 38.6 Å². The van der Waals surface area contributed by atoms with Crippen LogP contribution < -0.4 is 0 Å². The first-order valence-corrected chi connectivity index (χ1v) is 7.31. The normalized spacial score (nSPS) is 12.0. The van der Waals surface area contributed by atoms with Crippen molar-refractivity contribution < 1.29 is 9.53 Å². The van der Waals surface area contributed by atoms with Gasteiger partial charge >= 0.3 is 5.97 Å². The van der Waals surface area contributed by atoms with Crippen molar-refractivity contribution in [2.75, 3.05) is 0 Å². The Labute approximate surface area is 110 Å². The predicted molar refractivity (Wildman–Crippen MR) is 72.6 cm³/mol. The molecule has 5 heteroatoms. The summed E-state index contributed by atoms with van der Waals surface area (Å²) in [6, 6.07) is 0. The Bertz CT molecular complexity index is 534. The first kappa shape index (κ1) is 12.1. The van der Waals surface area contributed by atoms with E-state index in [0.717, 1.165) is 13.9 Å². The molecule has 0 saturated heterocycles. The minimum Gasteiger partial charge on any atom is -0.456 e. The Morgan fingerprint density at radius 1 is 1.31 bits per heavy atom. The zero-order valence-corrected chi connectivity index (χ0v) is 12.4. The van der Waals surface area contributed by atoms with E-state index in [-0.39, 0.29) is 5.97 Å². The summed E-state index contributed by atoms with van der Waals surface area (Å²) >= 11 is 6.66. The first-order chi connectivity index (χ1) is 7.38. The summed E-state index contributed by atoms with van der Waals surface area (Å²) in [7, 11) is 0. The van der Waals surface area contributed by atoms with Gasteiger partial charge in [-0.2, -0.15) is 0 Å². The maximum Gasteiger partial charge on any atom is 0.340 e. The zero-order valence-electron chi connectivity index (χ0n) is 9.17. The van der Waals surface area contributed by atoms with Gasteiger partial charge < -0.3 is 4.74 Å². The lowest BCUT2D eigenvalue weighted by Crippen LogP contribution is -2.23. The average molecular weight is 319 g/mol. The van der Waals surface area contributed by atoms with E-state index in [4.69, 9.17) is 4.74 Å². The lowest BCUT2D eigenvalue weighted by Gasteiger charge is -2.19. The number of rotatable bonds is 1. The molecule has 2 nitrogen and oxygen atoms in total. The third-order valence-corrected chi connectivity index (χ3v) is 4.93. The molecular formula is C11H11BrO2S2. The minimum atomic E-state index is -0.451. The molecular weight excluding hydrogens is 308 g/mol. The van der Waals surface area contributed by atoms with Crippen LogP contribution in [0.4, 0.5) is 0 Å². The molecule has 0 atom stereocenters. The Kier molecular flexibility index (Phi) is 3.11. The van der Waals surface area contributed by atoms with E-state index in [2.05, 4.69) is 15.9 Å². The summed E-state index contributed by atoms with van der Waals surface area (Å²) < 4.78 is 7.48. The molecule has 0 radical (unpaired) electrons. The molecule has 0 fully saturated rings. The van der Waals surface area contributed by atoms with Gasteiger partial charge in [0.1, 0.15) is 5.60 Å². The van der Waals surface area contributed by atoms with Crippen LogP contribution in [0, 0.1) is 0 Å². The SMILES string of the molecule is CC(C)(C)OC(=O)c1csc2scc(Br)c12. The summed E-state index contributed by atoms with van der Waals surface area (Å²) in [5.41, 5.74) is 0.205. The fourth-order valence-electron chi connectivity index (χ4n) is 1.30. The average Bonchev–Trinajstić information content (AvgIpc) is 2.66. The highest BCUT2D eigenvalue weighted by molar-refractivity contribution is 9.10. The Morgan fingerprint density at radius 2 is 1.94 bits per heavy atom. The number of hydrogen-bond donors (Lipinski definition) is 0. The van der Waals surface area contributed by atoms with Gasteiger partial charge in [0, 0.05) is 20.6 Å². The van der Waals surface area contributed by atoms with Gasteiger partial charge in [-0.05, 0) is 36.7 Å². The smallest absolute Gasteiger partial charge is 0.340 e. The van der Waals surface area contributed by atoms with Crippen molar-refractivity contribution in [1.82, 2.24) is 0 Å². The van der Waals surface area contributed by atoms with Crippen LogP contribution in [0.2, 0.25) is 0 Å². The molecule has 0 saturated carbocycles. The van der Waals surface area contributed by atoms with E-state index < -0.39 is 5.60 Å². The van der Waals surface area contributed by atoms with Gasteiger partial charge in [-0.15, -0.1) is 22.7 Å². The molecule has 0 spiro atoms. The van der Waals surface area contributed by atoms with Crippen molar-refractivity contribution in [2.24, 2.45) is 0 Å². The third kappa shape index (κ3) is 2.31. The van der Waals surface area contributed by atoms with Crippen LogP contribution in [0.3, 0.4) is 0 Å². The molecule has 0 aliphatic heterocycles. The Hall–Kier alpha value is -0.390. The summed E-state index contributed by atoms with van der Waals surface area (Å²) in [5, 5.41) is 4.83. The summed E-state index contributed by atoms with van der Waals surface area (Å²) in [5.74, 6) is -0.252. The quantitative estimate of drug-likeness (QED) is 0.713. The number of ether oxygens (including phenoxy) is 1. The molecule has 0 aliphatic rings. The van der Waals surface area contributed by atoms with E-state index in [1.165, 1.54) is 0 Å². The van der Waals surface area contributed by atoms with Crippen molar-refractivity contribution in [2.45, 2.75) is 26.4 Å². The number of hydrogen-bond acceptors (Lipinski definition) is 4. The highest BCUT2D eigenvalue weighted by atomic mass is 79.9. The summed E-state index contributed by atoms with van der Waals surface area (Å²) in [4.78, 5) is 12.0. The highest BCUT2D eigenvalue weighted by Crippen LogP contribution is 2.38. The second-order valence-electron chi connectivity index (χ2n) is 4.40. The van der Waals surface area contributed by atoms with Crippen molar-refractivity contribution >= 4 is 54.0 Å². The minimum absolute atomic E-state index is 0.252. The second-order valence-corrected chi connectivity index (χ2v) is 7.27. The van der Waals surface area contributed by atoms with Gasteiger partial charge in [0.2, 0.25) is 0 Å². The standard InChI is InChI=1S/C11H11BrO2S2/c1-11(2,3)14-9(13)6-4-15-10-8(6)7(12)5-16-10/h4-5H,1-3H3. The fraction of sp³-hybridized carbons (Fsp3) is 0.364. The lowest BCUT2D eigenvalue weighted by molar-refractivity contribution is 0.00723. The van der Waals surface area contributed by atoms with Crippen LogP contribution in [0.25, 0.3) is 9.40 Å². The fourth-order valence-corrected chi connectivity index (χ4v) is 4.21. The Morgan fingerprint density at radius 3 is 2.56 bits per heavy atom. The van der Waals surface area contributed by atoms with E-state index >= 15 is 0 Å². The van der Waals surface area contributed by atoms with Gasteiger partial charge in [-0.1, -0.05) is 0 Å². The lowest BCUT2D eigenvalue weighted by atomic mass is 10.2. The van der Waals surface area contributed by atoms with Crippen molar-refractivity contribution in [3.63, 3.8) is 0 Å². The topological polar surface area (TPSA) is 26.3 Å². The molecule has 2 aromatic heterocycles. The summed E-state index contributed by atoms with van der Waals surface area (Å²) in [6.07, 6.45) is 0. The maximum absolute atomic E-state index is 12.0. The maximum atomic E-state index is 12.0. The van der Waals surface area contributed by atoms with Crippen LogP contribution in [0.15, 0.2) is 15.2 Å². The van der Waals surface area contributed by atoms with E-state index in [1.54, 1.807) is 22.7 Å². The number of carbonyl (C=O) groups is 1. The molecule has 2 heterocycles. The van der Waals surface area contributed by atoms with Gasteiger partial charge in [-0.25, -0.2) is 4.79 Å². The number of carbonyl (C=O) groups excluding carboxylic acids is 1. The number of thiophene rings is 2. The number of halogens is 1. The summed E-state index contributed by atoms with van der Waals surface area (Å²) in [6.45, 7) is 5.62. The second kappa shape index (κ2) is 4.13. The molecule has 0 bridgehead atoms. The molecule has 2 rings (SSSR count). The monoisotopic (exact) mass is 318 g/mol. The van der Waals surface area contributed by atoms with E-state index in [1.807, 2.05) is 31.5 Å². The van der Waals surface area contributed by atoms with Crippen LogP contribution in [-0.2, 0) is 4.74 Å². The first-order valence-electron chi connectivity index (χ1n) is 4.76. The van der Waals surface area contributed by atoms with E-state index in [0.29, 0.717) is 5.56 Å². The van der Waals surface area contributed by atoms with Gasteiger partial charge in [0.25, 0.3) is 0 Å². The van der Waals surface area contributed by atoms with Gasteiger partial charge in [-0.3, -0.25) is 0 Å². The van der Waals surface area contributed by atoms with Crippen LogP contribution in [0.1, 0.15) is 31.1 Å². The third-order valence-electron chi connectivity index (χ3n) is 1.88. The molecule has 0 aliphatic carbocycles. The predicted octanol–water partition coefficient (Wildman–Crippen LogP) is 4.68. The highest BCUT2D eigenvalue weighted by Gasteiger charge is 2.22. The number of fused-ring (bicyclic) bond motifs is 1. The molecule has 0 aromatic carbocycles. The van der Waals surface area contributed by atoms with E-state index in [9.17, 15) is 4.79 Å². The Balaban J connectivity index is 2.40.